The predicted octanol–water partition coefficient (Wildman–Crippen LogP) is 11.7. The number of alkyl halides is 2. The Morgan fingerprint density at radius 1 is 0.658 bits per heavy atom. The van der Waals surface area contributed by atoms with Gasteiger partial charge in [-0.1, -0.05) is 97.7 Å². The minimum atomic E-state index is -3.45. The number of benzene rings is 5. The highest BCUT2D eigenvalue weighted by atomic mass is 35.5. The normalized spacial score (nSPS) is 17.0. The number of aryl methyl sites for hydroxylation is 1. The molecule has 0 amide bonds. The Balaban J connectivity index is 1.21. The van der Waals surface area contributed by atoms with E-state index in [0.717, 1.165) is 73.8 Å². The average molecular weight is 1100 g/mol. The number of halogens is 4. The lowest BCUT2D eigenvalue weighted by atomic mass is 9.65. The first-order valence-electron chi connectivity index (χ1n) is 23.5. The fraction of sp³-hybridized carbons (Fsp3) is 0.327. The maximum atomic E-state index is 12.2. The van der Waals surface area contributed by atoms with Crippen molar-refractivity contribution < 1.29 is 31.0 Å². The van der Waals surface area contributed by atoms with Crippen LogP contribution in [0.15, 0.2) is 103 Å². The molecule has 1 aromatic heterocycles. The van der Waals surface area contributed by atoms with Crippen molar-refractivity contribution in [1.29, 1.82) is 10.5 Å². The number of aromatic nitrogens is 1. The zero-order valence-electron chi connectivity index (χ0n) is 40.6. The Morgan fingerprint density at radius 3 is 1.64 bits per heavy atom. The molecule has 2 N–H and O–H groups in total. The fourth-order valence-corrected chi connectivity index (χ4v) is 12.2. The van der Waals surface area contributed by atoms with Crippen LogP contribution in [0.4, 0.5) is 0 Å². The van der Waals surface area contributed by atoms with Crippen LogP contribution in [0.1, 0.15) is 102 Å². The zero-order chi connectivity index (χ0) is 52.3. The molecule has 0 radical (unpaired) electrons. The van der Waals surface area contributed by atoms with Crippen LogP contribution in [-0.4, -0.2) is 65.9 Å². The van der Waals surface area contributed by atoms with Gasteiger partial charge in [-0.2, -0.15) is 10.5 Å². The third-order valence-electron chi connectivity index (χ3n) is 13.9. The first-order chi connectivity index (χ1) is 34.8. The Hall–Kier alpha value is -5.39. The van der Waals surface area contributed by atoms with Gasteiger partial charge in [0.25, 0.3) is 0 Å². The van der Waals surface area contributed by atoms with Crippen LogP contribution in [0.3, 0.4) is 0 Å². The molecule has 4 atom stereocenters. The molecule has 0 fully saturated rings. The molecule has 380 valence electrons. The van der Waals surface area contributed by atoms with Crippen molar-refractivity contribution in [2.75, 3.05) is 44.1 Å². The van der Waals surface area contributed by atoms with E-state index in [4.69, 9.17) is 65.6 Å². The van der Waals surface area contributed by atoms with Crippen LogP contribution >= 0.6 is 46.4 Å². The summed E-state index contributed by atoms with van der Waals surface area (Å²) >= 11 is 26.0. The van der Waals surface area contributed by atoms with Crippen LogP contribution in [0.2, 0.25) is 10.0 Å². The molecule has 0 saturated heterocycles. The predicted molar refractivity (Wildman–Crippen MR) is 288 cm³/mol. The second-order valence-corrected chi connectivity index (χ2v) is 24.0. The van der Waals surface area contributed by atoms with E-state index in [1.54, 1.807) is 6.20 Å². The molecule has 5 aromatic carbocycles. The Kier molecular flexibility index (Phi) is 16.4. The third-order valence-corrected chi connectivity index (χ3v) is 16.2. The lowest BCUT2D eigenvalue weighted by Crippen LogP contribution is -2.31. The summed E-state index contributed by atoms with van der Waals surface area (Å²) in [4.78, 5) is 4.72. The number of hydrogen-bond acceptors (Lipinski definition) is 10. The van der Waals surface area contributed by atoms with Crippen LogP contribution in [0, 0.1) is 22.7 Å². The van der Waals surface area contributed by atoms with Gasteiger partial charge in [0.2, 0.25) is 20.0 Å². The summed E-state index contributed by atoms with van der Waals surface area (Å²) in [5.74, 6) is 1.52. The highest BCUT2D eigenvalue weighted by Gasteiger charge is 2.38. The molecule has 73 heavy (non-hydrogen) atoms. The van der Waals surface area contributed by atoms with Gasteiger partial charge >= 0.3 is 0 Å². The highest BCUT2D eigenvalue weighted by molar-refractivity contribution is 7.89. The summed E-state index contributed by atoms with van der Waals surface area (Å²) in [5, 5.41) is 21.5. The number of sulfonamides is 2. The van der Waals surface area contributed by atoms with Gasteiger partial charge < -0.3 is 14.2 Å². The van der Waals surface area contributed by atoms with Crippen molar-refractivity contribution in [3.05, 3.63) is 164 Å². The molecule has 2 heterocycles. The van der Waals surface area contributed by atoms with Crippen molar-refractivity contribution in [1.82, 2.24) is 14.4 Å². The molecule has 18 heteroatoms. The molecule has 4 unspecified atom stereocenters. The second-order valence-electron chi connectivity index (χ2n) is 18.9. The molecule has 1 aliphatic carbocycles. The number of rotatable bonds is 19. The third kappa shape index (κ3) is 11.9. The molecule has 2 aliphatic rings. The highest BCUT2D eigenvalue weighted by Crippen LogP contribution is 2.48. The average Bonchev–Trinajstić information content (AvgIpc) is 3.76. The second kappa shape index (κ2) is 22.2. The topological polar surface area (TPSA) is 180 Å². The molecular formula is C55H53Cl4N5O7S2. The van der Waals surface area contributed by atoms with E-state index in [-0.39, 0.29) is 63.7 Å². The van der Waals surface area contributed by atoms with Crippen molar-refractivity contribution in [2.24, 2.45) is 0 Å². The van der Waals surface area contributed by atoms with Crippen LogP contribution < -0.4 is 23.7 Å². The summed E-state index contributed by atoms with van der Waals surface area (Å²) in [7, 11) is -6.87. The monoisotopic (exact) mass is 1100 g/mol. The smallest absolute Gasteiger partial charge is 0.209 e. The van der Waals surface area contributed by atoms with Gasteiger partial charge in [-0.15, -0.1) is 23.2 Å². The van der Waals surface area contributed by atoms with Crippen LogP contribution in [0.5, 0.6) is 17.2 Å². The number of hydrogen-bond donors (Lipinski definition) is 2. The van der Waals surface area contributed by atoms with Gasteiger partial charge in [-0.25, -0.2) is 26.3 Å². The zero-order valence-corrected chi connectivity index (χ0v) is 45.2. The fourth-order valence-electron chi connectivity index (χ4n) is 9.99. The van der Waals surface area contributed by atoms with E-state index >= 15 is 0 Å². The van der Waals surface area contributed by atoms with Gasteiger partial charge in [0.05, 0.1) is 69.8 Å². The summed E-state index contributed by atoms with van der Waals surface area (Å²) in [5.41, 5.74) is 8.36. The molecule has 0 saturated carbocycles. The number of nitrogens with zero attached hydrogens (tertiary/aromatic N) is 3. The van der Waals surface area contributed by atoms with Gasteiger partial charge in [0.1, 0.15) is 31.1 Å². The molecule has 12 nitrogen and oxygen atoms in total. The SMILES string of the molecule is CC(CCC(C)(c1ccc(-c2ccc3c(c2)OCCC3NS(C)(=O)=O)cc1)c1cc(Cl)c(OCCCl)c(C#N)c1)(c1ccc(-c2cnc3c(c2)CCC3NS(C)(=O)=O)cc1)c1cc(Cl)c(OCCCl)c(C#N)c1. The summed E-state index contributed by atoms with van der Waals surface area (Å²) in [6.07, 6.45) is 6.86. The van der Waals surface area contributed by atoms with E-state index in [1.165, 1.54) is 0 Å². The number of nitrogens with one attached hydrogen (secondary N) is 2. The summed E-state index contributed by atoms with van der Waals surface area (Å²) in [6.45, 7) is 4.92. The largest absolute Gasteiger partial charge is 0.493 e. The molecule has 6 aromatic rings. The number of pyridine rings is 1. The Morgan fingerprint density at radius 2 is 1.15 bits per heavy atom. The van der Waals surface area contributed by atoms with E-state index in [9.17, 15) is 27.4 Å². The summed E-state index contributed by atoms with van der Waals surface area (Å²) in [6, 6.07) is 35.3. The van der Waals surface area contributed by atoms with Gasteiger partial charge in [-0.3, -0.25) is 4.98 Å². The first kappa shape index (κ1) is 53.9. The minimum Gasteiger partial charge on any atom is -0.493 e. The van der Waals surface area contributed by atoms with Gasteiger partial charge in [0, 0.05) is 34.6 Å². The van der Waals surface area contributed by atoms with Crippen molar-refractivity contribution >= 4 is 66.5 Å². The van der Waals surface area contributed by atoms with Gasteiger partial charge in [-0.05, 0) is 107 Å². The van der Waals surface area contributed by atoms with Gasteiger partial charge in [0.15, 0.2) is 11.5 Å². The molecule has 0 bridgehead atoms. The van der Waals surface area contributed by atoms with Crippen molar-refractivity contribution in [2.45, 2.75) is 68.9 Å². The Labute approximate surface area is 447 Å². The van der Waals surface area contributed by atoms with E-state index in [2.05, 4.69) is 65.8 Å². The number of ether oxygens (including phenoxy) is 3. The quantitative estimate of drug-likeness (QED) is 0.0741. The summed E-state index contributed by atoms with van der Waals surface area (Å²) < 4.78 is 71.6. The van der Waals surface area contributed by atoms with Crippen molar-refractivity contribution in [3.8, 4) is 51.6 Å². The molecule has 0 spiro atoms. The molecule has 1 aliphatic heterocycles. The standard InChI is InChI=1S/C55H53Cl4N5O7S2/c1-54(43-26-38(31-60)52(46(58)29-43)70-23-20-56,41-11-5-34(6-12-41)36-9-15-45-48(63-72(3,65)66)17-22-69-50(45)28-36)18-19-55(2,44-27-39(32-61)53(47(59)30-44)71-24-21-57)42-13-7-35(8-14-42)40-25-37-10-16-49(51(37)62-33-40)64-73(4,67)68/h5-9,11-15,25-30,33,48-49,63-64H,10,16-24H2,1-4H3. The minimum absolute atomic E-state index is 0.156. The Bertz CT molecular complexity index is 3370. The molecule has 8 rings (SSSR count). The van der Waals surface area contributed by atoms with Crippen LogP contribution in [-0.2, 0) is 37.3 Å². The van der Waals surface area contributed by atoms with E-state index < -0.39 is 36.9 Å². The maximum absolute atomic E-state index is 12.2. The lowest BCUT2D eigenvalue weighted by Gasteiger charge is -2.38. The lowest BCUT2D eigenvalue weighted by molar-refractivity contribution is 0.263. The van der Waals surface area contributed by atoms with E-state index in [1.807, 2.05) is 66.7 Å². The number of fused-ring (bicyclic) bond motifs is 2. The van der Waals surface area contributed by atoms with Crippen LogP contribution in [0.25, 0.3) is 22.3 Å². The van der Waals surface area contributed by atoms with Crippen molar-refractivity contribution in [3.63, 3.8) is 0 Å². The maximum Gasteiger partial charge on any atom is 0.209 e. The first-order valence-corrected chi connectivity index (χ1v) is 29.2. The van der Waals surface area contributed by atoms with E-state index in [0.29, 0.717) is 44.5 Å². The number of nitriles is 2. The molecular weight excluding hydrogens is 1050 g/mol.